The Kier molecular flexibility index (Phi) is 7.39. The predicted octanol–water partition coefficient (Wildman–Crippen LogP) is 2.70. The quantitative estimate of drug-likeness (QED) is 0.481. The van der Waals surface area contributed by atoms with Crippen LogP contribution in [0.15, 0.2) is 42.5 Å². The molecule has 0 radical (unpaired) electrons. The molecule has 7 heteroatoms. The summed E-state index contributed by atoms with van der Waals surface area (Å²) in [6.07, 6.45) is 1.15. The van der Waals surface area contributed by atoms with Crippen LogP contribution in [0, 0.1) is 0 Å². The lowest BCUT2D eigenvalue weighted by Gasteiger charge is -2.23. The first-order chi connectivity index (χ1) is 14.9. The van der Waals surface area contributed by atoms with Gasteiger partial charge in [-0.05, 0) is 36.1 Å². The normalized spacial score (nSPS) is 15.7. The summed E-state index contributed by atoms with van der Waals surface area (Å²) >= 11 is 0. The highest BCUT2D eigenvalue weighted by Crippen LogP contribution is 2.22. The first-order valence-corrected chi connectivity index (χ1v) is 10.6. The van der Waals surface area contributed by atoms with E-state index in [0.717, 1.165) is 16.3 Å². The molecule has 2 amide bonds. The second kappa shape index (κ2) is 10.2. The molecule has 1 atom stereocenters. The molecule has 1 aliphatic heterocycles. The highest BCUT2D eigenvalue weighted by molar-refractivity contribution is 6.36. The Bertz CT molecular complexity index is 982. The van der Waals surface area contributed by atoms with Crippen molar-refractivity contribution >= 4 is 34.3 Å². The first-order valence-electron chi connectivity index (χ1n) is 10.6. The van der Waals surface area contributed by atoms with Crippen molar-refractivity contribution < 1.29 is 23.9 Å². The number of Topliss-reactive ketones (excluding diaryl/α,β-unsaturated/α-hetero) is 1. The average molecular weight is 424 g/mol. The summed E-state index contributed by atoms with van der Waals surface area (Å²) in [5.74, 6) is -2.02. The molecule has 164 valence electrons. The molecule has 0 aromatic heterocycles. The van der Waals surface area contributed by atoms with Gasteiger partial charge in [-0.2, -0.15) is 0 Å². The van der Waals surface area contributed by atoms with Gasteiger partial charge in [-0.25, -0.2) is 4.79 Å². The number of fused-ring (bicyclic) bond motifs is 1. The molecule has 0 spiro atoms. The minimum atomic E-state index is -0.905. The first kappa shape index (κ1) is 22.5. The fourth-order valence-corrected chi connectivity index (χ4v) is 4.00. The topological polar surface area (TPSA) is 84.0 Å². The number of esters is 1. The third-order valence-corrected chi connectivity index (χ3v) is 5.62. The van der Waals surface area contributed by atoms with Crippen LogP contribution in [0.25, 0.3) is 10.8 Å². The van der Waals surface area contributed by atoms with Gasteiger partial charge in [-0.3, -0.25) is 14.4 Å². The fraction of sp³-hybridized carbons (Fsp3) is 0.417. The number of likely N-dealkylation sites (tertiary alicyclic amines) is 1. The average Bonchev–Trinajstić information content (AvgIpc) is 3.27. The van der Waals surface area contributed by atoms with E-state index in [0.29, 0.717) is 25.9 Å². The van der Waals surface area contributed by atoms with Crippen molar-refractivity contribution in [3.8, 4) is 0 Å². The highest BCUT2D eigenvalue weighted by Gasteiger charge is 2.37. The standard InChI is InChI=1S/C24H28N2O5/c1-3-31-24(30)23(29)20-12-7-15-26(20)22(28)14-13-21(27)25(2)16-18-10-6-9-17-8-4-5-11-19(17)18/h4-6,8-11,20H,3,7,12-16H2,1-2H3/t20-/m0/s1. The smallest absolute Gasteiger partial charge is 0.376 e. The van der Waals surface area contributed by atoms with Gasteiger partial charge in [0.05, 0.1) is 6.61 Å². The Morgan fingerprint density at radius 1 is 1.06 bits per heavy atom. The zero-order chi connectivity index (χ0) is 22.4. The van der Waals surface area contributed by atoms with Gasteiger partial charge in [0.2, 0.25) is 11.8 Å². The maximum Gasteiger partial charge on any atom is 0.376 e. The van der Waals surface area contributed by atoms with Gasteiger partial charge in [0.15, 0.2) is 0 Å². The number of ether oxygens (including phenoxy) is 1. The van der Waals surface area contributed by atoms with Crippen LogP contribution in [0.5, 0.6) is 0 Å². The van der Waals surface area contributed by atoms with Gasteiger partial charge >= 0.3 is 5.97 Å². The number of rotatable bonds is 8. The van der Waals surface area contributed by atoms with Crippen LogP contribution in [-0.4, -0.2) is 59.6 Å². The molecule has 0 unspecified atom stereocenters. The second-order valence-electron chi connectivity index (χ2n) is 7.72. The minimum absolute atomic E-state index is 0.00527. The van der Waals surface area contributed by atoms with E-state index in [1.807, 2.05) is 42.5 Å². The summed E-state index contributed by atoms with van der Waals surface area (Å²) in [5.41, 5.74) is 1.04. The molecule has 7 nitrogen and oxygen atoms in total. The summed E-state index contributed by atoms with van der Waals surface area (Å²) in [7, 11) is 1.72. The van der Waals surface area contributed by atoms with Crippen LogP contribution in [0.4, 0.5) is 0 Å². The van der Waals surface area contributed by atoms with E-state index in [2.05, 4.69) is 0 Å². The molecule has 3 rings (SSSR count). The molecular weight excluding hydrogens is 396 g/mol. The van der Waals surface area contributed by atoms with E-state index < -0.39 is 17.8 Å². The number of ketones is 1. The zero-order valence-electron chi connectivity index (χ0n) is 18.0. The number of nitrogens with zero attached hydrogens (tertiary/aromatic N) is 2. The fourth-order valence-electron chi connectivity index (χ4n) is 4.00. The number of benzene rings is 2. The van der Waals surface area contributed by atoms with Crippen molar-refractivity contribution in [1.82, 2.24) is 9.80 Å². The summed E-state index contributed by atoms with van der Waals surface area (Å²) in [6, 6.07) is 13.2. The van der Waals surface area contributed by atoms with Crippen LogP contribution in [0.3, 0.4) is 0 Å². The molecule has 2 aromatic rings. The van der Waals surface area contributed by atoms with Crippen molar-refractivity contribution in [2.45, 2.75) is 45.2 Å². The Labute approximate surface area is 181 Å². The van der Waals surface area contributed by atoms with Gasteiger partial charge in [0.1, 0.15) is 6.04 Å². The van der Waals surface area contributed by atoms with Crippen molar-refractivity contribution in [2.75, 3.05) is 20.2 Å². The van der Waals surface area contributed by atoms with E-state index in [1.165, 1.54) is 4.90 Å². The monoisotopic (exact) mass is 424 g/mol. The van der Waals surface area contributed by atoms with Gasteiger partial charge in [-0.15, -0.1) is 0 Å². The molecule has 0 saturated carbocycles. The SMILES string of the molecule is CCOC(=O)C(=O)[C@@H]1CCCN1C(=O)CCC(=O)N(C)Cc1cccc2ccccc12. The van der Waals surface area contributed by atoms with Gasteiger partial charge < -0.3 is 14.5 Å². The number of carbonyl (C=O) groups is 4. The minimum Gasteiger partial charge on any atom is -0.460 e. The summed E-state index contributed by atoms with van der Waals surface area (Å²) in [4.78, 5) is 52.3. The van der Waals surface area contributed by atoms with E-state index in [1.54, 1.807) is 18.9 Å². The van der Waals surface area contributed by atoms with Crippen molar-refractivity contribution in [3.05, 3.63) is 48.0 Å². The maximum atomic E-state index is 12.7. The molecular formula is C24H28N2O5. The molecule has 1 aliphatic rings. The third-order valence-electron chi connectivity index (χ3n) is 5.62. The van der Waals surface area contributed by atoms with Crippen molar-refractivity contribution in [3.63, 3.8) is 0 Å². The van der Waals surface area contributed by atoms with Crippen molar-refractivity contribution in [1.29, 1.82) is 0 Å². The lowest BCUT2D eigenvalue weighted by Crippen LogP contribution is -2.44. The molecule has 0 aliphatic carbocycles. The number of hydrogen-bond acceptors (Lipinski definition) is 5. The summed E-state index contributed by atoms with van der Waals surface area (Å²) in [6.45, 7) is 2.60. The van der Waals surface area contributed by atoms with E-state index >= 15 is 0 Å². The van der Waals surface area contributed by atoms with Gasteiger partial charge in [-0.1, -0.05) is 42.5 Å². The largest absolute Gasteiger partial charge is 0.460 e. The Morgan fingerprint density at radius 3 is 2.58 bits per heavy atom. The Hall–Kier alpha value is -3.22. The van der Waals surface area contributed by atoms with E-state index in [4.69, 9.17) is 4.74 Å². The van der Waals surface area contributed by atoms with Crippen LogP contribution in [0.2, 0.25) is 0 Å². The van der Waals surface area contributed by atoms with Crippen LogP contribution in [0.1, 0.15) is 38.2 Å². The van der Waals surface area contributed by atoms with Gasteiger partial charge in [0, 0.05) is 33.0 Å². The molecule has 0 bridgehead atoms. The summed E-state index contributed by atoms with van der Waals surface area (Å²) < 4.78 is 4.77. The van der Waals surface area contributed by atoms with Crippen LogP contribution < -0.4 is 0 Å². The van der Waals surface area contributed by atoms with Crippen molar-refractivity contribution in [2.24, 2.45) is 0 Å². The Balaban J connectivity index is 1.56. The van der Waals surface area contributed by atoms with Crippen LogP contribution >= 0.6 is 0 Å². The summed E-state index contributed by atoms with van der Waals surface area (Å²) in [5, 5.41) is 2.21. The molecule has 1 heterocycles. The molecule has 1 fully saturated rings. The second-order valence-corrected chi connectivity index (χ2v) is 7.72. The predicted molar refractivity (Wildman–Crippen MR) is 116 cm³/mol. The Morgan fingerprint density at radius 2 is 1.81 bits per heavy atom. The molecule has 2 aromatic carbocycles. The van der Waals surface area contributed by atoms with Gasteiger partial charge in [0.25, 0.3) is 5.78 Å². The number of amides is 2. The number of carbonyl (C=O) groups excluding carboxylic acids is 4. The lowest BCUT2D eigenvalue weighted by molar-refractivity contribution is -0.156. The van der Waals surface area contributed by atoms with Crippen LogP contribution in [-0.2, 0) is 30.5 Å². The lowest BCUT2D eigenvalue weighted by atomic mass is 10.0. The molecule has 31 heavy (non-hydrogen) atoms. The zero-order valence-corrected chi connectivity index (χ0v) is 18.0. The highest BCUT2D eigenvalue weighted by atomic mass is 16.5. The number of hydrogen-bond donors (Lipinski definition) is 0. The van der Waals surface area contributed by atoms with E-state index in [9.17, 15) is 19.2 Å². The molecule has 1 saturated heterocycles. The molecule has 0 N–H and O–H groups in total. The maximum absolute atomic E-state index is 12.7. The van der Waals surface area contributed by atoms with E-state index in [-0.39, 0.29) is 31.3 Å². The third kappa shape index (κ3) is 5.29.